The van der Waals surface area contributed by atoms with Crippen LogP contribution in [0.15, 0.2) is 59.5 Å². The number of rotatable bonds is 6. The molecule has 1 amide bonds. The van der Waals surface area contributed by atoms with Crippen LogP contribution in [0, 0.1) is 0 Å². The van der Waals surface area contributed by atoms with Crippen LogP contribution in [-0.4, -0.2) is 16.7 Å². The number of thioether (sulfide) groups is 1. The van der Waals surface area contributed by atoms with E-state index in [0.717, 1.165) is 21.9 Å². The highest BCUT2D eigenvalue weighted by Crippen LogP contribution is 2.32. The number of amides is 1. The van der Waals surface area contributed by atoms with Crippen molar-refractivity contribution >= 4 is 29.3 Å². The van der Waals surface area contributed by atoms with E-state index in [-0.39, 0.29) is 11.9 Å². The molecule has 2 aromatic rings. The highest BCUT2D eigenvalue weighted by molar-refractivity contribution is 8.01. The van der Waals surface area contributed by atoms with Crippen molar-refractivity contribution in [2.24, 2.45) is 0 Å². The summed E-state index contributed by atoms with van der Waals surface area (Å²) < 4.78 is -0.518. The van der Waals surface area contributed by atoms with E-state index in [0.29, 0.717) is 0 Å². The highest BCUT2D eigenvalue weighted by atomic mass is 35.5. The van der Waals surface area contributed by atoms with Crippen LogP contribution < -0.4 is 5.32 Å². The Hall–Kier alpha value is -1.45. The van der Waals surface area contributed by atoms with Gasteiger partial charge in [-0.15, -0.1) is 11.8 Å². The number of hydrogen-bond acceptors (Lipinski definition) is 2. The van der Waals surface area contributed by atoms with Gasteiger partial charge in [-0.1, -0.05) is 41.9 Å². The van der Waals surface area contributed by atoms with Gasteiger partial charge in [-0.3, -0.25) is 4.79 Å². The number of halogens is 1. The van der Waals surface area contributed by atoms with E-state index in [1.54, 1.807) is 11.8 Å². The molecule has 0 spiro atoms. The van der Waals surface area contributed by atoms with Crippen LogP contribution in [0.2, 0.25) is 5.02 Å². The van der Waals surface area contributed by atoms with Crippen molar-refractivity contribution in [3.05, 3.63) is 65.2 Å². The minimum Gasteiger partial charge on any atom is -0.352 e. The molecule has 2 rings (SSSR count). The summed E-state index contributed by atoms with van der Waals surface area (Å²) in [6.45, 7) is 5.93. The number of benzene rings is 2. The Balaban J connectivity index is 1.92. The molecular weight excluding hydrogens is 326 g/mol. The Bertz CT molecular complexity index is 640. The molecule has 2 aromatic carbocycles. The van der Waals surface area contributed by atoms with Crippen molar-refractivity contribution in [3.8, 4) is 0 Å². The van der Waals surface area contributed by atoms with Gasteiger partial charge in [0.2, 0.25) is 5.91 Å². The minimum atomic E-state index is -0.518. The average Bonchev–Trinajstić information content (AvgIpc) is 2.50. The molecule has 23 heavy (non-hydrogen) atoms. The summed E-state index contributed by atoms with van der Waals surface area (Å²) in [4.78, 5) is 13.7. The van der Waals surface area contributed by atoms with Gasteiger partial charge >= 0.3 is 0 Å². The van der Waals surface area contributed by atoms with Crippen molar-refractivity contribution in [2.75, 3.05) is 0 Å². The van der Waals surface area contributed by atoms with Gasteiger partial charge in [0.05, 0.1) is 4.75 Å². The highest BCUT2D eigenvalue weighted by Gasteiger charge is 2.29. The lowest BCUT2D eigenvalue weighted by Crippen LogP contribution is -2.44. The molecular formula is C19H22ClNOS. The zero-order valence-electron chi connectivity index (χ0n) is 13.7. The third-order valence-corrected chi connectivity index (χ3v) is 4.95. The Morgan fingerprint density at radius 2 is 1.74 bits per heavy atom. The Morgan fingerprint density at radius 1 is 1.13 bits per heavy atom. The largest absolute Gasteiger partial charge is 0.352 e. The van der Waals surface area contributed by atoms with Crippen LogP contribution in [-0.2, 0) is 11.2 Å². The summed E-state index contributed by atoms with van der Waals surface area (Å²) >= 11 is 7.47. The number of nitrogens with one attached hydrogen (secondary N) is 1. The van der Waals surface area contributed by atoms with Crippen molar-refractivity contribution in [2.45, 2.75) is 42.9 Å². The first-order valence-electron chi connectivity index (χ1n) is 7.66. The van der Waals surface area contributed by atoms with Crippen LogP contribution in [0.4, 0.5) is 0 Å². The maximum absolute atomic E-state index is 12.6. The quantitative estimate of drug-likeness (QED) is 0.748. The summed E-state index contributed by atoms with van der Waals surface area (Å²) in [7, 11) is 0. The van der Waals surface area contributed by atoms with E-state index in [1.807, 2.05) is 75.4 Å². The third-order valence-electron chi connectivity index (χ3n) is 3.50. The van der Waals surface area contributed by atoms with Crippen molar-refractivity contribution < 1.29 is 4.79 Å². The minimum absolute atomic E-state index is 0.0489. The number of hydrogen-bond donors (Lipinski definition) is 1. The summed E-state index contributed by atoms with van der Waals surface area (Å²) in [6, 6.07) is 17.8. The van der Waals surface area contributed by atoms with Crippen LogP contribution in [0.1, 0.15) is 26.3 Å². The molecule has 4 heteroatoms. The molecule has 0 aromatic heterocycles. The summed E-state index contributed by atoms with van der Waals surface area (Å²) in [5.74, 6) is 0.0489. The molecule has 0 heterocycles. The van der Waals surface area contributed by atoms with Gasteiger partial charge in [0.15, 0.2) is 0 Å². The fourth-order valence-electron chi connectivity index (χ4n) is 2.25. The fourth-order valence-corrected chi connectivity index (χ4v) is 3.41. The lowest BCUT2D eigenvalue weighted by molar-refractivity contribution is -0.123. The molecule has 1 N–H and O–H groups in total. The second-order valence-electron chi connectivity index (χ2n) is 6.13. The smallest absolute Gasteiger partial charge is 0.236 e. The predicted molar refractivity (Wildman–Crippen MR) is 99.1 cm³/mol. The second kappa shape index (κ2) is 7.89. The zero-order chi connectivity index (χ0) is 16.9. The zero-order valence-corrected chi connectivity index (χ0v) is 15.2. The molecule has 0 fully saturated rings. The van der Waals surface area contributed by atoms with Crippen LogP contribution in [0.3, 0.4) is 0 Å². The Labute approximate surface area is 147 Å². The van der Waals surface area contributed by atoms with E-state index in [1.165, 1.54) is 0 Å². The van der Waals surface area contributed by atoms with Crippen LogP contribution in [0.5, 0.6) is 0 Å². The molecule has 1 atom stereocenters. The molecule has 0 saturated heterocycles. The lowest BCUT2D eigenvalue weighted by atomic mass is 10.1. The summed E-state index contributed by atoms with van der Waals surface area (Å²) in [5, 5.41) is 3.84. The standard InChI is InChI=1S/C19H22ClNOS/c1-14(13-15-9-11-16(20)12-10-15)21-18(22)19(2,3)23-17-7-5-4-6-8-17/h4-12,14H,13H2,1-3H3,(H,21,22). The number of carbonyl (C=O) groups excluding carboxylic acids is 1. The average molecular weight is 348 g/mol. The van der Waals surface area contributed by atoms with Gasteiger partial charge in [-0.2, -0.15) is 0 Å². The van der Waals surface area contributed by atoms with Crippen molar-refractivity contribution in [1.82, 2.24) is 5.32 Å². The fraction of sp³-hybridized carbons (Fsp3) is 0.316. The second-order valence-corrected chi connectivity index (χ2v) is 8.26. The molecule has 122 valence electrons. The molecule has 2 nitrogen and oxygen atoms in total. The maximum Gasteiger partial charge on any atom is 0.236 e. The molecule has 0 aliphatic heterocycles. The summed E-state index contributed by atoms with van der Waals surface area (Å²) in [6.07, 6.45) is 0.787. The molecule has 1 unspecified atom stereocenters. The first-order chi connectivity index (χ1) is 10.9. The normalized spacial score (nSPS) is 12.7. The van der Waals surface area contributed by atoms with Gasteiger partial charge in [-0.25, -0.2) is 0 Å². The third kappa shape index (κ3) is 5.60. The van der Waals surface area contributed by atoms with E-state index >= 15 is 0 Å². The van der Waals surface area contributed by atoms with E-state index in [4.69, 9.17) is 11.6 Å². The molecule has 0 aliphatic carbocycles. The van der Waals surface area contributed by atoms with Gasteiger partial charge in [0.25, 0.3) is 0 Å². The lowest BCUT2D eigenvalue weighted by Gasteiger charge is -2.25. The van der Waals surface area contributed by atoms with Gasteiger partial charge in [0, 0.05) is 16.0 Å². The van der Waals surface area contributed by atoms with Crippen LogP contribution in [0.25, 0.3) is 0 Å². The predicted octanol–water partition coefficient (Wildman–Crippen LogP) is 4.96. The summed E-state index contributed by atoms with van der Waals surface area (Å²) in [5.41, 5.74) is 1.16. The topological polar surface area (TPSA) is 29.1 Å². The Morgan fingerprint density at radius 3 is 2.35 bits per heavy atom. The SMILES string of the molecule is CC(Cc1ccc(Cl)cc1)NC(=O)C(C)(C)Sc1ccccc1. The molecule has 0 radical (unpaired) electrons. The van der Waals surface area contributed by atoms with Gasteiger partial charge < -0.3 is 5.32 Å². The van der Waals surface area contributed by atoms with Crippen LogP contribution >= 0.6 is 23.4 Å². The van der Waals surface area contributed by atoms with Crippen molar-refractivity contribution in [1.29, 1.82) is 0 Å². The van der Waals surface area contributed by atoms with Gasteiger partial charge in [-0.05, 0) is 57.0 Å². The van der Waals surface area contributed by atoms with Crippen molar-refractivity contribution in [3.63, 3.8) is 0 Å². The monoisotopic (exact) mass is 347 g/mol. The molecule has 0 bridgehead atoms. The van der Waals surface area contributed by atoms with Gasteiger partial charge in [0.1, 0.15) is 0 Å². The molecule has 0 saturated carbocycles. The first-order valence-corrected chi connectivity index (χ1v) is 8.86. The van der Waals surface area contributed by atoms with E-state index < -0.39 is 4.75 Å². The molecule has 0 aliphatic rings. The number of carbonyl (C=O) groups is 1. The Kier molecular flexibility index (Phi) is 6.14. The van der Waals surface area contributed by atoms with E-state index in [9.17, 15) is 4.79 Å². The first kappa shape index (κ1) is 17.9. The maximum atomic E-state index is 12.6. The van der Waals surface area contributed by atoms with E-state index in [2.05, 4.69) is 5.32 Å².